The second-order valence-corrected chi connectivity index (χ2v) is 7.04. The summed E-state index contributed by atoms with van der Waals surface area (Å²) in [4.78, 5) is 0. The first-order valence-corrected chi connectivity index (χ1v) is 8.35. The minimum atomic E-state index is -3.60. The van der Waals surface area contributed by atoms with Crippen molar-refractivity contribution in [1.29, 1.82) is 5.26 Å². The van der Waals surface area contributed by atoms with Gasteiger partial charge in [-0.15, -0.1) is 0 Å². The maximum absolute atomic E-state index is 13.1. The maximum atomic E-state index is 13.1. The summed E-state index contributed by atoms with van der Waals surface area (Å²) in [5, 5.41) is 18.7. The first-order valence-electron chi connectivity index (χ1n) is 6.52. The van der Waals surface area contributed by atoms with Crippen molar-refractivity contribution < 1.29 is 17.9 Å². The van der Waals surface area contributed by atoms with Crippen LogP contribution in [0.1, 0.15) is 22.8 Å². The van der Waals surface area contributed by atoms with Crippen LogP contribution in [0.3, 0.4) is 0 Å². The van der Waals surface area contributed by atoms with Gasteiger partial charge in [0.2, 0.25) is 0 Å². The van der Waals surface area contributed by atoms with Gasteiger partial charge in [-0.2, -0.15) is 5.26 Å². The number of benzene rings is 2. The largest absolute Gasteiger partial charge is 0.387 e. The first kappa shape index (κ1) is 16.1. The van der Waals surface area contributed by atoms with Gasteiger partial charge < -0.3 is 5.11 Å². The van der Waals surface area contributed by atoms with Crippen LogP contribution in [0.25, 0.3) is 0 Å². The Labute approximate surface area is 128 Å². The summed E-state index contributed by atoms with van der Waals surface area (Å²) in [6.07, 6.45) is -1.19. The van der Waals surface area contributed by atoms with E-state index in [9.17, 15) is 17.9 Å². The molecule has 0 spiro atoms. The quantitative estimate of drug-likeness (QED) is 0.917. The molecule has 2 aromatic rings. The molecule has 0 saturated carbocycles. The number of sulfone groups is 1. The van der Waals surface area contributed by atoms with Gasteiger partial charge in [-0.25, -0.2) is 12.8 Å². The molecule has 4 nitrogen and oxygen atoms in total. The van der Waals surface area contributed by atoms with Crippen LogP contribution in [0.15, 0.2) is 48.5 Å². The molecule has 0 heterocycles. The number of aliphatic hydroxyl groups is 1. The second kappa shape index (κ2) is 6.69. The molecule has 2 rings (SSSR count). The Morgan fingerprint density at radius 3 is 2.45 bits per heavy atom. The Morgan fingerprint density at radius 1 is 1.18 bits per heavy atom. The Hall–Kier alpha value is -2.23. The molecule has 0 amide bonds. The van der Waals surface area contributed by atoms with Crippen molar-refractivity contribution >= 4 is 9.84 Å². The summed E-state index contributed by atoms with van der Waals surface area (Å²) in [6.45, 7) is 0. The van der Waals surface area contributed by atoms with Crippen LogP contribution in [-0.2, 0) is 15.6 Å². The topological polar surface area (TPSA) is 78.2 Å². The highest BCUT2D eigenvalue weighted by Crippen LogP contribution is 2.18. The van der Waals surface area contributed by atoms with Crippen LogP contribution in [0.5, 0.6) is 0 Å². The molecule has 1 atom stereocenters. The van der Waals surface area contributed by atoms with Crippen molar-refractivity contribution in [3.63, 3.8) is 0 Å². The highest BCUT2D eigenvalue weighted by molar-refractivity contribution is 7.90. The van der Waals surface area contributed by atoms with Gasteiger partial charge in [0.25, 0.3) is 0 Å². The first-order chi connectivity index (χ1) is 10.4. The molecule has 0 aromatic heterocycles. The Bertz CT molecular complexity index is 795. The summed E-state index contributed by atoms with van der Waals surface area (Å²) in [5.74, 6) is -1.30. The lowest BCUT2D eigenvalue weighted by Gasteiger charge is -2.12. The number of rotatable bonds is 5. The zero-order chi connectivity index (χ0) is 16.2. The molecule has 114 valence electrons. The van der Waals surface area contributed by atoms with E-state index in [-0.39, 0.29) is 5.75 Å². The van der Waals surface area contributed by atoms with Gasteiger partial charge >= 0.3 is 0 Å². The number of halogens is 1. The van der Waals surface area contributed by atoms with Crippen molar-refractivity contribution in [1.82, 2.24) is 0 Å². The molecular formula is C16H14FNO3S. The molecule has 6 heteroatoms. The molecule has 0 fully saturated rings. The fraction of sp³-hybridized carbons (Fsp3) is 0.188. The van der Waals surface area contributed by atoms with Crippen LogP contribution >= 0.6 is 0 Å². The van der Waals surface area contributed by atoms with E-state index in [0.717, 1.165) is 6.07 Å². The lowest BCUT2D eigenvalue weighted by Crippen LogP contribution is -2.16. The SMILES string of the molecule is N#Cc1ccc(C(O)CS(=O)(=O)Cc2cccc(F)c2)cc1. The fourth-order valence-corrected chi connectivity index (χ4v) is 3.53. The van der Waals surface area contributed by atoms with E-state index in [0.29, 0.717) is 16.7 Å². The highest BCUT2D eigenvalue weighted by atomic mass is 32.2. The van der Waals surface area contributed by atoms with E-state index in [4.69, 9.17) is 5.26 Å². The van der Waals surface area contributed by atoms with Gasteiger partial charge in [0.15, 0.2) is 9.84 Å². The van der Waals surface area contributed by atoms with Gasteiger partial charge in [0, 0.05) is 0 Å². The van der Waals surface area contributed by atoms with E-state index < -0.39 is 27.5 Å². The number of nitrogens with zero attached hydrogens (tertiary/aromatic N) is 1. The zero-order valence-corrected chi connectivity index (χ0v) is 12.4. The van der Waals surface area contributed by atoms with Gasteiger partial charge in [0.05, 0.1) is 29.2 Å². The second-order valence-electron chi connectivity index (χ2n) is 4.93. The molecule has 0 aliphatic rings. The third-order valence-electron chi connectivity index (χ3n) is 3.11. The lowest BCUT2D eigenvalue weighted by molar-refractivity contribution is 0.201. The molecule has 1 N–H and O–H groups in total. The van der Waals surface area contributed by atoms with Crippen LogP contribution in [0.4, 0.5) is 4.39 Å². The molecular weight excluding hydrogens is 305 g/mol. The maximum Gasteiger partial charge on any atom is 0.157 e. The predicted octanol–water partition coefficient (Wildman–Crippen LogP) is 2.35. The molecule has 22 heavy (non-hydrogen) atoms. The molecule has 0 aliphatic heterocycles. The third-order valence-corrected chi connectivity index (χ3v) is 4.71. The van der Waals surface area contributed by atoms with Crippen LogP contribution in [0, 0.1) is 17.1 Å². The summed E-state index contributed by atoms with van der Waals surface area (Å²) in [7, 11) is -3.60. The minimum Gasteiger partial charge on any atom is -0.387 e. The number of nitriles is 1. The lowest BCUT2D eigenvalue weighted by atomic mass is 10.1. The molecule has 1 unspecified atom stereocenters. The smallest absolute Gasteiger partial charge is 0.157 e. The normalized spacial score (nSPS) is 12.6. The van der Waals surface area contributed by atoms with E-state index in [1.165, 1.54) is 42.5 Å². The zero-order valence-electron chi connectivity index (χ0n) is 11.6. The Balaban J connectivity index is 2.09. The summed E-state index contributed by atoms with van der Waals surface area (Å²) in [6, 6.07) is 13.4. The monoisotopic (exact) mass is 319 g/mol. The summed E-state index contributed by atoms with van der Waals surface area (Å²) >= 11 is 0. The van der Waals surface area contributed by atoms with E-state index in [1.54, 1.807) is 0 Å². The van der Waals surface area contributed by atoms with Crippen LogP contribution in [-0.4, -0.2) is 19.3 Å². The van der Waals surface area contributed by atoms with Crippen LogP contribution < -0.4 is 0 Å². The van der Waals surface area contributed by atoms with Gasteiger partial charge in [-0.05, 0) is 35.4 Å². The van der Waals surface area contributed by atoms with E-state index in [1.807, 2.05) is 6.07 Å². The molecule has 0 saturated heterocycles. The van der Waals surface area contributed by atoms with E-state index in [2.05, 4.69) is 0 Å². The fourth-order valence-electron chi connectivity index (χ4n) is 2.06. The Kier molecular flexibility index (Phi) is 4.91. The van der Waals surface area contributed by atoms with E-state index >= 15 is 0 Å². The highest BCUT2D eigenvalue weighted by Gasteiger charge is 2.19. The standard InChI is InChI=1S/C16H14FNO3S/c17-15-3-1-2-13(8-15)10-22(20,21)11-16(19)14-6-4-12(9-18)5-7-14/h1-8,16,19H,10-11H2. The average molecular weight is 319 g/mol. The van der Waals surface area contributed by atoms with Crippen molar-refractivity contribution in [2.75, 3.05) is 5.75 Å². The van der Waals surface area contributed by atoms with Crippen molar-refractivity contribution in [2.24, 2.45) is 0 Å². The van der Waals surface area contributed by atoms with Crippen molar-refractivity contribution in [3.8, 4) is 6.07 Å². The number of hydrogen-bond donors (Lipinski definition) is 1. The van der Waals surface area contributed by atoms with Gasteiger partial charge in [-0.1, -0.05) is 24.3 Å². The van der Waals surface area contributed by atoms with Crippen molar-refractivity contribution in [2.45, 2.75) is 11.9 Å². The third kappa shape index (κ3) is 4.38. The number of hydrogen-bond acceptors (Lipinski definition) is 4. The molecule has 0 bridgehead atoms. The number of aliphatic hydroxyl groups excluding tert-OH is 1. The van der Waals surface area contributed by atoms with Gasteiger partial charge in [-0.3, -0.25) is 0 Å². The molecule has 2 aromatic carbocycles. The summed E-state index contributed by atoms with van der Waals surface area (Å²) in [5.41, 5.74) is 1.19. The van der Waals surface area contributed by atoms with Crippen molar-refractivity contribution in [3.05, 3.63) is 71.0 Å². The average Bonchev–Trinajstić information content (AvgIpc) is 2.46. The molecule has 0 radical (unpaired) electrons. The Morgan fingerprint density at radius 2 is 1.86 bits per heavy atom. The predicted molar refractivity (Wildman–Crippen MR) is 80.0 cm³/mol. The molecule has 0 aliphatic carbocycles. The van der Waals surface area contributed by atoms with Crippen LogP contribution in [0.2, 0.25) is 0 Å². The minimum absolute atomic E-state index is 0.335. The summed E-state index contributed by atoms with van der Waals surface area (Å²) < 4.78 is 37.2. The van der Waals surface area contributed by atoms with Gasteiger partial charge in [0.1, 0.15) is 5.82 Å².